The molecule has 8 nitrogen and oxygen atoms in total. The molecule has 0 unspecified atom stereocenters. The van der Waals surface area contributed by atoms with Gasteiger partial charge in [-0.1, -0.05) is 19.1 Å². The summed E-state index contributed by atoms with van der Waals surface area (Å²) < 4.78 is 34.2. The van der Waals surface area contributed by atoms with Gasteiger partial charge in [-0.3, -0.25) is 4.79 Å². The van der Waals surface area contributed by atoms with Crippen LogP contribution in [-0.2, 0) is 9.84 Å². The van der Waals surface area contributed by atoms with E-state index in [0.29, 0.717) is 28.4 Å². The lowest BCUT2D eigenvalue weighted by atomic mass is 10.1. The van der Waals surface area contributed by atoms with Crippen LogP contribution in [0.5, 0.6) is 11.5 Å². The molecule has 1 amide bonds. The predicted molar refractivity (Wildman–Crippen MR) is 106 cm³/mol. The van der Waals surface area contributed by atoms with E-state index in [2.05, 4.69) is 15.5 Å². The molecule has 0 atom stereocenters. The van der Waals surface area contributed by atoms with Gasteiger partial charge in [-0.15, -0.1) is 10.2 Å². The molecule has 4 rings (SSSR count). The molecule has 9 heteroatoms. The van der Waals surface area contributed by atoms with Crippen LogP contribution in [0.25, 0.3) is 11.3 Å². The van der Waals surface area contributed by atoms with Gasteiger partial charge in [0.2, 0.25) is 6.79 Å². The Morgan fingerprint density at radius 3 is 2.45 bits per heavy atom. The second-order valence-corrected chi connectivity index (χ2v) is 8.48. The lowest BCUT2D eigenvalue weighted by molar-refractivity contribution is 0.102. The number of nitrogens with one attached hydrogen (secondary N) is 1. The Morgan fingerprint density at radius 2 is 1.76 bits per heavy atom. The maximum absolute atomic E-state index is 12.4. The summed E-state index contributed by atoms with van der Waals surface area (Å²) >= 11 is 0. The largest absolute Gasteiger partial charge is 0.454 e. The summed E-state index contributed by atoms with van der Waals surface area (Å²) in [7, 11) is -3.39. The molecule has 3 aromatic rings. The van der Waals surface area contributed by atoms with Crippen LogP contribution in [0, 0.1) is 0 Å². The van der Waals surface area contributed by atoms with Crippen LogP contribution in [0.3, 0.4) is 0 Å². The summed E-state index contributed by atoms with van der Waals surface area (Å²) in [5.41, 5.74) is 2.35. The highest BCUT2D eigenvalue weighted by Crippen LogP contribution is 2.32. The van der Waals surface area contributed by atoms with Crippen molar-refractivity contribution in [2.45, 2.75) is 11.9 Å². The van der Waals surface area contributed by atoms with Crippen LogP contribution in [-0.4, -0.2) is 37.1 Å². The quantitative estimate of drug-likeness (QED) is 0.688. The molecule has 1 N–H and O–H groups in total. The first-order valence-electron chi connectivity index (χ1n) is 8.84. The van der Waals surface area contributed by atoms with Crippen molar-refractivity contribution in [1.29, 1.82) is 0 Å². The van der Waals surface area contributed by atoms with E-state index in [1.807, 2.05) is 0 Å². The first kappa shape index (κ1) is 18.9. The maximum atomic E-state index is 12.4. The van der Waals surface area contributed by atoms with Crippen molar-refractivity contribution in [2.75, 3.05) is 17.9 Å². The number of benzene rings is 2. The van der Waals surface area contributed by atoms with Crippen molar-refractivity contribution in [3.63, 3.8) is 0 Å². The highest BCUT2D eigenvalue weighted by atomic mass is 32.2. The zero-order valence-corrected chi connectivity index (χ0v) is 16.3. The first-order valence-corrected chi connectivity index (χ1v) is 10.5. The fourth-order valence-electron chi connectivity index (χ4n) is 2.75. The molecular weight excluding hydrogens is 394 g/mol. The molecule has 0 saturated heterocycles. The monoisotopic (exact) mass is 411 g/mol. The third kappa shape index (κ3) is 3.90. The van der Waals surface area contributed by atoms with Crippen LogP contribution in [0.4, 0.5) is 5.69 Å². The van der Waals surface area contributed by atoms with Gasteiger partial charge in [0.05, 0.1) is 11.4 Å². The highest BCUT2D eigenvalue weighted by Gasteiger charge is 2.17. The normalized spacial score (nSPS) is 12.6. The van der Waals surface area contributed by atoms with Crippen molar-refractivity contribution in [1.82, 2.24) is 10.2 Å². The summed E-state index contributed by atoms with van der Waals surface area (Å²) in [6.45, 7) is 1.71. The molecule has 29 heavy (non-hydrogen) atoms. The van der Waals surface area contributed by atoms with E-state index in [-0.39, 0.29) is 23.5 Å². The van der Waals surface area contributed by atoms with Gasteiger partial charge in [0, 0.05) is 16.8 Å². The van der Waals surface area contributed by atoms with Crippen molar-refractivity contribution in [3.05, 3.63) is 60.2 Å². The van der Waals surface area contributed by atoms with Crippen LogP contribution in [0.2, 0.25) is 0 Å². The number of amides is 1. The number of carbonyl (C=O) groups is 1. The Kier molecular flexibility index (Phi) is 4.89. The molecule has 2 heterocycles. The number of hydrogen-bond donors (Lipinski definition) is 1. The summed E-state index contributed by atoms with van der Waals surface area (Å²) in [4.78, 5) is 12.4. The average Bonchev–Trinajstić information content (AvgIpc) is 3.22. The number of carbonyl (C=O) groups excluding carboxylic acids is 1. The Morgan fingerprint density at radius 1 is 1.00 bits per heavy atom. The Hall–Kier alpha value is -3.46. The minimum Gasteiger partial charge on any atom is -0.454 e. The van der Waals surface area contributed by atoms with E-state index < -0.39 is 9.84 Å². The second-order valence-electron chi connectivity index (χ2n) is 6.26. The molecular formula is C20H17N3O5S. The number of ether oxygens (including phenoxy) is 2. The summed E-state index contributed by atoms with van der Waals surface area (Å²) in [5, 5.41) is 10.6. The SMILES string of the molecule is CCS(=O)(=O)c1ccc(-c2ccc(NC(=O)c3ccc4c(c3)OCO4)cc2)nn1. The van der Waals surface area contributed by atoms with Gasteiger partial charge in [-0.25, -0.2) is 8.42 Å². The van der Waals surface area contributed by atoms with E-state index in [9.17, 15) is 13.2 Å². The number of sulfone groups is 1. The molecule has 0 fully saturated rings. The lowest BCUT2D eigenvalue weighted by Gasteiger charge is -2.07. The lowest BCUT2D eigenvalue weighted by Crippen LogP contribution is -2.11. The third-order valence-corrected chi connectivity index (χ3v) is 6.03. The zero-order valence-electron chi connectivity index (χ0n) is 15.5. The third-order valence-electron chi connectivity index (χ3n) is 4.41. The molecule has 0 aliphatic carbocycles. The van der Waals surface area contributed by atoms with Crippen molar-refractivity contribution < 1.29 is 22.7 Å². The number of hydrogen-bond acceptors (Lipinski definition) is 7. The van der Waals surface area contributed by atoms with Crippen molar-refractivity contribution in [3.8, 4) is 22.8 Å². The summed E-state index contributed by atoms with van der Waals surface area (Å²) in [6, 6.07) is 15.1. The maximum Gasteiger partial charge on any atom is 0.255 e. The highest BCUT2D eigenvalue weighted by molar-refractivity contribution is 7.91. The van der Waals surface area contributed by atoms with Gasteiger partial charge >= 0.3 is 0 Å². The molecule has 0 radical (unpaired) electrons. The van der Waals surface area contributed by atoms with E-state index >= 15 is 0 Å². The second kappa shape index (κ2) is 7.51. The fourth-order valence-corrected chi connectivity index (χ4v) is 3.49. The van der Waals surface area contributed by atoms with Crippen LogP contribution < -0.4 is 14.8 Å². The minimum atomic E-state index is -3.39. The van der Waals surface area contributed by atoms with Gasteiger partial charge in [-0.2, -0.15) is 0 Å². The van der Waals surface area contributed by atoms with Gasteiger partial charge in [0.1, 0.15) is 0 Å². The topological polar surface area (TPSA) is 107 Å². The average molecular weight is 411 g/mol. The van der Waals surface area contributed by atoms with E-state index in [1.165, 1.54) is 6.07 Å². The van der Waals surface area contributed by atoms with E-state index in [1.54, 1.807) is 55.5 Å². The number of aromatic nitrogens is 2. The van der Waals surface area contributed by atoms with Crippen molar-refractivity contribution >= 4 is 21.4 Å². The Labute approximate surface area is 167 Å². The molecule has 1 aliphatic heterocycles. The smallest absolute Gasteiger partial charge is 0.255 e. The fraction of sp³-hybridized carbons (Fsp3) is 0.150. The minimum absolute atomic E-state index is 0.0290. The predicted octanol–water partition coefficient (Wildman–Crippen LogP) is 2.92. The molecule has 0 saturated carbocycles. The number of nitrogens with zero attached hydrogens (tertiary/aromatic N) is 2. The summed E-state index contributed by atoms with van der Waals surface area (Å²) in [5.74, 6) is 0.855. The molecule has 1 aromatic heterocycles. The van der Waals surface area contributed by atoms with Crippen molar-refractivity contribution in [2.24, 2.45) is 0 Å². The molecule has 0 spiro atoms. The Balaban J connectivity index is 1.47. The molecule has 2 aromatic carbocycles. The summed E-state index contributed by atoms with van der Waals surface area (Å²) in [6.07, 6.45) is 0. The number of rotatable bonds is 5. The molecule has 0 bridgehead atoms. The Bertz CT molecular complexity index is 1160. The van der Waals surface area contributed by atoms with Crippen LogP contribution in [0.1, 0.15) is 17.3 Å². The van der Waals surface area contributed by atoms with Crippen LogP contribution >= 0.6 is 0 Å². The number of anilines is 1. The zero-order chi connectivity index (χ0) is 20.4. The van der Waals surface area contributed by atoms with Gasteiger partial charge < -0.3 is 14.8 Å². The van der Waals surface area contributed by atoms with Gasteiger partial charge in [0.25, 0.3) is 5.91 Å². The first-order chi connectivity index (χ1) is 14.0. The van der Waals surface area contributed by atoms with E-state index in [4.69, 9.17) is 9.47 Å². The van der Waals surface area contributed by atoms with Crippen LogP contribution in [0.15, 0.2) is 59.6 Å². The van der Waals surface area contributed by atoms with Gasteiger partial charge in [-0.05, 0) is 42.5 Å². The number of fused-ring (bicyclic) bond motifs is 1. The standard InChI is InChI=1S/C20H17N3O5S/c1-2-29(25,26)19-10-8-16(22-23-19)13-3-6-15(7-4-13)21-20(24)14-5-9-17-18(11-14)28-12-27-17/h3-11H,2,12H2,1H3,(H,21,24). The van der Waals surface area contributed by atoms with Gasteiger partial charge in [0.15, 0.2) is 26.4 Å². The molecule has 1 aliphatic rings. The van der Waals surface area contributed by atoms with E-state index in [0.717, 1.165) is 5.56 Å². The molecule has 148 valence electrons.